The summed E-state index contributed by atoms with van der Waals surface area (Å²) in [5.74, 6) is 0. The van der Waals surface area contributed by atoms with Gasteiger partial charge in [-0.25, -0.2) is 4.98 Å². The van der Waals surface area contributed by atoms with Crippen LogP contribution >= 0.6 is 38.9 Å². The van der Waals surface area contributed by atoms with Crippen LogP contribution in [0.15, 0.2) is 22.7 Å². The van der Waals surface area contributed by atoms with Gasteiger partial charge in [0.1, 0.15) is 5.01 Å². The minimum atomic E-state index is 0.295. The molecule has 1 aliphatic carbocycles. The quantitative estimate of drug-likeness (QED) is 0.742. The number of fused-ring (bicyclic) bond motifs is 1. The lowest BCUT2D eigenvalue weighted by atomic mass is 9.76. The van der Waals surface area contributed by atoms with E-state index in [0.29, 0.717) is 11.5 Å². The first-order valence-electron chi connectivity index (χ1n) is 7.02. The Kier molecular flexibility index (Phi) is 4.17. The lowest BCUT2D eigenvalue weighted by Gasteiger charge is -2.34. The van der Waals surface area contributed by atoms with Crippen molar-refractivity contribution in [3.8, 4) is 10.6 Å². The van der Waals surface area contributed by atoms with Gasteiger partial charge in [-0.15, -0.1) is 11.3 Å². The first kappa shape index (κ1) is 15.5. The molecule has 0 spiro atoms. The van der Waals surface area contributed by atoms with E-state index >= 15 is 0 Å². The Morgan fingerprint density at radius 1 is 1.43 bits per heavy atom. The number of nitrogens with one attached hydrogen (secondary N) is 1. The summed E-state index contributed by atoms with van der Waals surface area (Å²) in [4.78, 5) is 6.29. The maximum Gasteiger partial charge on any atom is 0.125 e. The summed E-state index contributed by atoms with van der Waals surface area (Å²) < 4.78 is 1.00. The molecule has 0 saturated carbocycles. The standard InChI is InChI=1S/C16H18BrClN2S/c1-16(2)7-12(19-3)14-13(8-16)20-15(21-14)10-5-4-9(18)6-11(10)17/h4-6,12,19H,7-8H2,1-3H3. The molecule has 0 saturated heterocycles. The van der Waals surface area contributed by atoms with Gasteiger partial charge in [0, 0.05) is 26.0 Å². The number of aromatic nitrogens is 1. The molecule has 112 valence electrons. The Balaban J connectivity index is 2.06. The van der Waals surface area contributed by atoms with E-state index in [2.05, 4.69) is 35.1 Å². The second-order valence-corrected chi connectivity index (χ2v) is 8.66. The number of nitrogens with zero attached hydrogens (tertiary/aromatic N) is 1. The Bertz CT molecular complexity index is 681. The van der Waals surface area contributed by atoms with E-state index in [-0.39, 0.29) is 0 Å². The fraction of sp³-hybridized carbons (Fsp3) is 0.438. The van der Waals surface area contributed by atoms with Gasteiger partial charge >= 0.3 is 0 Å². The molecule has 1 aliphatic rings. The number of hydrogen-bond acceptors (Lipinski definition) is 3. The second-order valence-electron chi connectivity index (χ2n) is 6.34. The van der Waals surface area contributed by atoms with Crippen LogP contribution in [0.2, 0.25) is 5.02 Å². The fourth-order valence-electron chi connectivity index (χ4n) is 2.94. The zero-order valence-corrected chi connectivity index (χ0v) is 15.5. The van der Waals surface area contributed by atoms with Crippen LogP contribution in [0, 0.1) is 5.41 Å². The predicted molar refractivity (Wildman–Crippen MR) is 94.2 cm³/mol. The van der Waals surface area contributed by atoms with Crippen molar-refractivity contribution in [2.75, 3.05) is 7.05 Å². The topological polar surface area (TPSA) is 24.9 Å². The van der Waals surface area contributed by atoms with Crippen LogP contribution in [-0.2, 0) is 6.42 Å². The van der Waals surface area contributed by atoms with Crippen molar-refractivity contribution in [1.82, 2.24) is 10.3 Å². The van der Waals surface area contributed by atoms with Crippen molar-refractivity contribution in [3.05, 3.63) is 38.3 Å². The molecule has 1 atom stereocenters. The molecule has 0 bridgehead atoms. The number of hydrogen-bond donors (Lipinski definition) is 1. The normalized spacial score (nSPS) is 20.3. The summed E-state index contributed by atoms with van der Waals surface area (Å²) in [6.45, 7) is 4.63. The summed E-state index contributed by atoms with van der Waals surface area (Å²) in [5.41, 5.74) is 2.65. The van der Waals surface area contributed by atoms with Crippen LogP contribution in [-0.4, -0.2) is 12.0 Å². The first-order valence-corrected chi connectivity index (χ1v) is 9.01. The maximum atomic E-state index is 6.03. The van der Waals surface area contributed by atoms with E-state index in [9.17, 15) is 0 Å². The highest BCUT2D eigenvalue weighted by Crippen LogP contribution is 2.45. The average Bonchev–Trinajstić information content (AvgIpc) is 2.79. The van der Waals surface area contributed by atoms with Crippen LogP contribution in [0.4, 0.5) is 0 Å². The molecular formula is C16H18BrClN2S. The Hall–Kier alpha value is -0.420. The van der Waals surface area contributed by atoms with E-state index in [1.54, 1.807) is 11.3 Å². The summed E-state index contributed by atoms with van der Waals surface area (Å²) in [5, 5.41) is 5.25. The predicted octanol–water partition coefficient (Wildman–Crippen LogP) is 5.46. The van der Waals surface area contributed by atoms with E-state index in [1.807, 2.05) is 25.2 Å². The van der Waals surface area contributed by atoms with Gasteiger partial charge in [0.2, 0.25) is 0 Å². The third-order valence-corrected chi connectivity index (χ3v) is 6.09. The summed E-state index contributed by atoms with van der Waals surface area (Å²) in [7, 11) is 2.04. The van der Waals surface area contributed by atoms with Gasteiger partial charge in [0.15, 0.2) is 0 Å². The first-order chi connectivity index (χ1) is 9.89. The molecule has 1 aromatic carbocycles. The smallest absolute Gasteiger partial charge is 0.125 e. The average molecular weight is 386 g/mol. The lowest BCUT2D eigenvalue weighted by molar-refractivity contribution is 0.265. The molecule has 0 aliphatic heterocycles. The molecule has 3 rings (SSSR count). The molecule has 1 unspecified atom stereocenters. The van der Waals surface area contributed by atoms with Gasteiger partial charge in [-0.1, -0.05) is 41.4 Å². The summed E-state index contributed by atoms with van der Waals surface area (Å²) in [6.07, 6.45) is 2.20. The maximum absolute atomic E-state index is 6.03. The monoisotopic (exact) mass is 384 g/mol. The van der Waals surface area contributed by atoms with Crippen molar-refractivity contribution in [1.29, 1.82) is 0 Å². The molecule has 2 nitrogen and oxygen atoms in total. The van der Waals surface area contributed by atoms with Crippen molar-refractivity contribution >= 4 is 38.9 Å². The third-order valence-electron chi connectivity index (χ3n) is 3.96. The molecule has 21 heavy (non-hydrogen) atoms. The second kappa shape index (κ2) is 5.65. The molecule has 2 aromatic rings. The molecular weight excluding hydrogens is 368 g/mol. The van der Waals surface area contributed by atoms with E-state index in [4.69, 9.17) is 16.6 Å². The molecule has 1 heterocycles. The van der Waals surface area contributed by atoms with Gasteiger partial charge < -0.3 is 5.32 Å². The van der Waals surface area contributed by atoms with Crippen molar-refractivity contribution in [3.63, 3.8) is 0 Å². The van der Waals surface area contributed by atoms with E-state index < -0.39 is 0 Å². The number of halogens is 2. The molecule has 0 amide bonds. The van der Waals surface area contributed by atoms with E-state index in [1.165, 1.54) is 10.6 Å². The van der Waals surface area contributed by atoms with E-state index in [0.717, 1.165) is 32.9 Å². The Morgan fingerprint density at radius 3 is 2.86 bits per heavy atom. The number of thiazole rings is 1. The molecule has 1 aromatic heterocycles. The van der Waals surface area contributed by atoms with Gasteiger partial charge in [0.05, 0.1) is 5.69 Å². The van der Waals surface area contributed by atoms with Gasteiger partial charge in [-0.05, 0) is 43.5 Å². The highest BCUT2D eigenvalue weighted by Gasteiger charge is 2.34. The zero-order chi connectivity index (χ0) is 15.2. The van der Waals surface area contributed by atoms with Gasteiger partial charge in [0.25, 0.3) is 0 Å². The van der Waals surface area contributed by atoms with Crippen molar-refractivity contribution in [2.24, 2.45) is 5.41 Å². The number of rotatable bonds is 2. The number of benzene rings is 1. The van der Waals surface area contributed by atoms with Crippen LogP contribution < -0.4 is 5.32 Å². The SMILES string of the molecule is CNC1CC(C)(C)Cc2nc(-c3ccc(Cl)cc3Br)sc21. The minimum Gasteiger partial charge on any atom is -0.312 e. The van der Waals surface area contributed by atoms with Crippen LogP contribution in [0.25, 0.3) is 10.6 Å². The highest BCUT2D eigenvalue weighted by molar-refractivity contribution is 9.10. The Labute approximate surface area is 143 Å². The summed E-state index contributed by atoms with van der Waals surface area (Å²) in [6, 6.07) is 6.29. The van der Waals surface area contributed by atoms with Crippen LogP contribution in [0.3, 0.4) is 0 Å². The molecule has 0 fully saturated rings. The van der Waals surface area contributed by atoms with Crippen molar-refractivity contribution < 1.29 is 0 Å². The summed E-state index contributed by atoms with van der Waals surface area (Å²) >= 11 is 11.4. The van der Waals surface area contributed by atoms with Gasteiger partial charge in [-0.2, -0.15) is 0 Å². The highest BCUT2D eigenvalue weighted by atomic mass is 79.9. The Morgan fingerprint density at radius 2 is 2.19 bits per heavy atom. The largest absolute Gasteiger partial charge is 0.312 e. The molecule has 1 N–H and O–H groups in total. The molecule has 0 radical (unpaired) electrons. The van der Waals surface area contributed by atoms with Gasteiger partial charge in [-0.3, -0.25) is 0 Å². The molecule has 5 heteroatoms. The minimum absolute atomic E-state index is 0.295. The third kappa shape index (κ3) is 3.04. The fourth-order valence-corrected chi connectivity index (χ4v) is 5.18. The van der Waals surface area contributed by atoms with Crippen molar-refractivity contribution in [2.45, 2.75) is 32.7 Å². The zero-order valence-electron chi connectivity index (χ0n) is 12.3. The lowest BCUT2D eigenvalue weighted by Crippen LogP contribution is -2.30. The van der Waals surface area contributed by atoms with Crippen LogP contribution in [0.5, 0.6) is 0 Å². The van der Waals surface area contributed by atoms with Crippen LogP contribution in [0.1, 0.15) is 36.9 Å².